The fourth-order valence-corrected chi connectivity index (χ4v) is 1.71. The Morgan fingerprint density at radius 1 is 1.78 bits per heavy atom. The van der Waals surface area contributed by atoms with Crippen molar-refractivity contribution in [1.82, 2.24) is 0 Å². The van der Waals surface area contributed by atoms with Gasteiger partial charge in [-0.25, -0.2) is 0 Å². The molecule has 1 aliphatic heterocycles. The van der Waals surface area contributed by atoms with Gasteiger partial charge in [0.1, 0.15) is 4.51 Å². The molecule has 0 saturated carbocycles. The van der Waals surface area contributed by atoms with Gasteiger partial charge < -0.3 is 4.74 Å². The summed E-state index contributed by atoms with van der Waals surface area (Å²) in [7, 11) is 0. The number of hydrogen-bond donors (Lipinski definition) is 0. The second kappa shape index (κ2) is 2.84. The van der Waals surface area contributed by atoms with Crippen molar-refractivity contribution >= 4 is 15.9 Å². The van der Waals surface area contributed by atoms with Crippen molar-refractivity contribution in [1.29, 1.82) is 0 Å². The molecule has 1 rings (SSSR count). The van der Waals surface area contributed by atoms with E-state index < -0.39 is 0 Å². The molecule has 1 unspecified atom stereocenters. The summed E-state index contributed by atoms with van der Waals surface area (Å²) in [5, 5.41) is 0. The molecule has 0 radical (unpaired) electrons. The predicted octanol–water partition coefficient (Wildman–Crippen LogP) is 2.46. The third-order valence-electron chi connectivity index (χ3n) is 1.50. The van der Waals surface area contributed by atoms with Gasteiger partial charge >= 0.3 is 0 Å². The second-order valence-electron chi connectivity index (χ2n) is 2.33. The van der Waals surface area contributed by atoms with Crippen LogP contribution in [0.1, 0.15) is 19.3 Å². The Labute approximate surface area is 64.2 Å². The molecule has 0 N–H and O–H groups in total. The quantitative estimate of drug-likeness (QED) is 0.481. The largest absolute Gasteiger partial charge is 0.363 e. The van der Waals surface area contributed by atoms with E-state index in [9.17, 15) is 0 Å². The highest BCUT2D eigenvalue weighted by atomic mass is 79.9. The topological polar surface area (TPSA) is 9.23 Å². The van der Waals surface area contributed by atoms with E-state index in [2.05, 4.69) is 22.5 Å². The standard InChI is InChI=1S/C7H11BrO/c1-2-4-7(8)5-3-6-9-7/h2H,1,3-6H2. The summed E-state index contributed by atoms with van der Waals surface area (Å²) in [5.41, 5.74) is 0. The highest BCUT2D eigenvalue weighted by molar-refractivity contribution is 9.10. The molecule has 0 aliphatic carbocycles. The van der Waals surface area contributed by atoms with Crippen molar-refractivity contribution in [3.05, 3.63) is 12.7 Å². The number of halogens is 1. The third kappa shape index (κ3) is 1.80. The van der Waals surface area contributed by atoms with Gasteiger partial charge in [-0.05, 0) is 12.8 Å². The number of alkyl halides is 1. The maximum atomic E-state index is 5.43. The van der Waals surface area contributed by atoms with Crippen LogP contribution in [0.3, 0.4) is 0 Å². The minimum Gasteiger partial charge on any atom is -0.363 e. The van der Waals surface area contributed by atoms with Gasteiger partial charge in [0.2, 0.25) is 0 Å². The molecule has 0 amide bonds. The molecular formula is C7H11BrO. The summed E-state index contributed by atoms with van der Waals surface area (Å²) in [5.74, 6) is 0. The van der Waals surface area contributed by atoms with E-state index in [1.54, 1.807) is 0 Å². The molecule has 0 spiro atoms. The Bertz CT molecular complexity index is 105. The van der Waals surface area contributed by atoms with Crippen molar-refractivity contribution in [3.63, 3.8) is 0 Å². The lowest BCUT2D eigenvalue weighted by molar-refractivity contribution is 0.0905. The van der Waals surface area contributed by atoms with Gasteiger partial charge in [-0.15, -0.1) is 6.58 Å². The fourth-order valence-electron chi connectivity index (χ4n) is 1.04. The lowest BCUT2D eigenvalue weighted by atomic mass is 10.2. The Morgan fingerprint density at radius 2 is 2.56 bits per heavy atom. The monoisotopic (exact) mass is 190 g/mol. The highest BCUT2D eigenvalue weighted by Crippen LogP contribution is 2.34. The summed E-state index contributed by atoms with van der Waals surface area (Å²) in [6, 6.07) is 0. The normalized spacial score (nSPS) is 34.8. The lowest BCUT2D eigenvalue weighted by Crippen LogP contribution is -2.16. The first-order valence-corrected chi connectivity index (χ1v) is 4.00. The maximum Gasteiger partial charge on any atom is 0.126 e. The Kier molecular flexibility index (Phi) is 2.30. The van der Waals surface area contributed by atoms with Crippen LogP contribution in [0, 0.1) is 0 Å². The maximum absolute atomic E-state index is 5.43. The molecule has 52 valence electrons. The zero-order chi connectivity index (χ0) is 6.74. The fraction of sp³-hybridized carbons (Fsp3) is 0.714. The molecule has 0 aromatic heterocycles. The van der Waals surface area contributed by atoms with Crippen molar-refractivity contribution in [2.24, 2.45) is 0 Å². The summed E-state index contributed by atoms with van der Waals surface area (Å²) in [6.07, 6.45) is 5.07. The van der Waals surface area contributed by atoms with Crippen LogP contribution < -0.4 is 0 Å². The van der Waals surface area contributed by atoms with Crippen LogP contribution >= 0.6 is 15.9 Å². The molecule has 1 heterocycles. The average molecular weight is 191 g/mol. The van der Waals surface area contributed by atoms with E-state index >= 15 is 0 Å². The first-order valence-electron chi connectivity index (χ1n) is 3.21. The number of ether oxygens (including phenoxy) is 1. The summed E-state index contributed by atoms with van der Waals surface area (Å²) < 4.78 is 5.37. The minimum absolute atomic E-state index is 0.0608. The van der Waals surface area contributed by atoms with Crippen molar-refractivity contribution in [3.8, 4) is 0 Å². The predicted molar refractivity (Wildman–Crippen MR) is 41.7 cm³/mol. The summed E-state index contributed by atoms with van der Waals surface area (Å²) >= 11 is 3.51. The Morgan fingerprint density at radius 3 is 3.00 bits per heavy atom. The van der Waals surface area contributed by atoms with E-state index in [1.165, 1.54) is 6.42 Å². The van der Waals surface area contributed by atoms with Gasteiger partial charge in [-0.3, -0.25) is 0 Å². The molecule has 0 bridgehead atoms. The third-order valence-corrected chi connectivity index (χ3v) is 2.45. The molecule has 0 aromatic rings. The highest BCUT2D eigenvalue weighted by Gasteiger charge is 2.29. The summed E-state index contributed by atoms with van der Waals surface area (Å²) in [4.78, 5) is 0. The molecule has 1 aliphatic rings. The molecular weight excluding hydrogens is 180 g/mol. The van der Waals surface area contributed by atoms with E-state index in [0.717, 1.165) is 19.4 Å². The molecule has 9 heavy (non-hydrogen) atoms. The van der Waals surface area contributed by atoms with Gasteiger partial charge in [-0.1, -0.05) is 22.0 Å². The van der Waals surface area contributed by atoms with Crippen LogP contribution in [-0.4, -0.2) is 11.1 Å². The summed E-state index contributed by atoms with van der Waals surface area (Å²) in [6.45, 7) is 4.55. The molecule has 1 atom stereocenters. The number of rotatable bonds is 2. The Hall–Kier alpha value is 0.180. The van der Waals surface area contributed by atoms with E-state index in [-0.39, 0.29) is 4.51 Å². The first-order chi connectivity index (χ1) is 4.27. The molecule has 1 saturated heterocycles. The molecule has 1 fully saturated rings. The zero-order valence-corrected chi connectivity index (χ0v) is 6.99. The van der Waals surface area contributed by atoms with Crippen LogP contribution in [0.25, 0.3) is 0 Å². The van der Waals surface area contributed by atoms with Crippen LogP contribution in [0.15, 0.2) is 12.7 Å². The van der Waals surface area contributed by atoms with E-state index in [4.69, 9.17) is 4.74 Å². The van der Waals surface area contributed by atoms with Gasteiger partial charge in [0, 0.05) is 13.0 Å². The van der Waals surface area contributed by atoms with Gasteiger partial charge in [0.15, 0.2) is 0 Å². The van der Waals surface area contributed by atoms with Crippen LogP contribution in [0.2, 0.25) is 0 Å². The zero-order valence-electron chi connectivity index (χ0n) is 5.40. The average Bonchev–Trinajstić information content (AvgIpc) is 2.16. The van der Waals surface area contributed by atoms with Gasteiger partial charge in [-0.2, -0.15) is 0 Å². The van der Waals surface area contributed by atoms with Crippen LogP contribution in [-0.2, 0) is 4.74 Å². The SMILES string of the molecule is C=CCC1(Br)CCCO1. The van der Waals surface area contributed by atoms with Crippen molar-refractivity contribution < 1.29 is 4.74 Å². The smallest absolute Gasteiger partial charge is 0.126 e. The van der Waals surface area contributed by atoms with Crippen molar-refractivity contribution in [2.75, 3.05) is 6.61 Å². The Balaban J connectivity index is 2.40. The van der Waals surface area contributed by atoms with Crippen LogP contribution in [0.5, 0.6) is 0 Å². The van der Waals surface area contributed by atoms with Crippen LogP contribution in [0.4, 0.5) is 0 Å². The first kappa shape index (κ1) is 7.29. The lowest BCUT2D eigenvalue weighted by Gasteiger charge is -2.17. The van der Waals surface area contributed by atoms with Gasteiger partial charge in [0.25, 0.3) is 0 Å². The minimum atomic E-state index is -0.0608. The molecule has 2 heteroatoms. The van der Waals surface area contributed by atoms with E-state index in [0.29, 0.717) is 0 Å². The molecule has 0 aromatic carbocycles. The second-order valence-corrected chi connectivity index (χ2v) is 3.77. The van der Waals surface area contributed by atoms with Gasteiger partial charge in [0.05, 0.1) is 0 Å². The molecule has 1 nitrogen and oxygen atoms in total. The number of hydrogen-bond acceptors (Lipinski definition) is 1. The van der Waals surface area contributed by atoms with E-state index in [1.807, 2.05) is 6.08 Å². The van der Waals surface area contributed by atoms with Crippen molar-refractivity contribution in [2.45, 2.75) is 23.8 Å².